The van der Waals surface area contributed by atoms with Gasteiger partial charge in [-0.2, -0.15) is 0 Å². The first-order chi connectivity index (χ1) is 15.4. The van der Waals surface area contributed by atoms with Crippen LogP contribution in [-0.2, 0) is 6.54 Å². The number of halogens is 3. The number of methoxy groups -OCH3 is 1. The number of rotatable bonds is 5. The van der Waals surface area contributed by atoms with Gasteiger partial charge in [0, 0.05) is 21.5 Å². The summed E-state index contributed by atoms with van der Waals surface area (Å²) in [4.78, 5) is 32.2. The predicted octanol–water partition coefficient (Wildman–Crippen LogP) is 5.87. The molecule has 0 spiro atoms. The lowest BCUT2D eigenvalue weighted by Crippen LogP contribution is -2.36. The Morgan fingerprint density at radius 2 is 1.84 bits per heavy atom. The third-order valence-corrected chi connectivity index (χ3v) is 5.43. The number of hydrogen-bond acceptors (Lipinski definition) is 5. The minimum absolute atomic E-state index is 0.0415. The van der Waals surface area contributed by atoms with Gasteiger partial charge >= 0.3 is 0 Å². The molecule has 32 heavy (non-hydrogen) atoms. The maximum atomic E-state index is 13.8. The second-order valence-electron chi connectivity index (χ2n) is 6.82. The van der Waals surface area contributed by atoms with Crippen molar-refractivity contribution in [2.75, 3.05) is 7.11 Å². The van der Waals surface area contributed by atoms with Gasteiger partial charge in [0.2, 0.25) is 0 Å². The van der Waals surface area contributed by atoms with E-state index in [1.807, 2.05) is 0 Å². The van der Waals surface area contributed by atoms with Crippen molar-refractivity contribution < 1.29 is 23.1 Å². The Balaban J connectivity index is 1.74. The van der Waals surface area contributed by atoms with Crippen molar-refractivity contribution in [2.45, 2.75) is 6.54 Å². The third kappa shape index (κ3) is 4.51. The van der Waals surface area contributed by atoms with Crippen LogP contribution in [0.2, 0.25) is 5.02 Å². The number of imide groups is 1. The summed E-state index contributed by atoms with van der Waals surface area (Å²) in [6.45, 7) is -0.0605. The highest BCUT2D eigenvalue weighted by Crippen LogP contribution is 2.25. The molecule has 162 valence electrons. The van der Waals surface area contributed by atoms with Crippen molar-refractivity contribution in [1.29, 1.82) is 0 Å². The fourth-order valence-corrected chi connectivity index (χ4v) is 3.71. The summed E-state index contributed by atoms with van der Waals surface area (Å²) < 4.78 is 24.4. The van der Waals surface area contributed by atoms with Crippen LogP contribution < -0.4 is 4.74 Å². The van der Waals surface area contributed by atoms with E-state index in [4.69, 9.17) is 20.8 Å². The lowest BCUT2D eigenvalue weighted by Gasteiger charge is -2.22. The predicted molar refractivity (Wildman–Crippen MR) is 120 cm³/mol. The lowest BCUT2D eigenvalue weighted by atomic mass is 10.1. The largest absolute Gasteiger partial charge is 0.497 e. The number of aromatic nitrogens is 1. The second kappa shape index (κ2) is 9.10. The van der Waals surface area contributed by atoms with Gasteiger partial charge < -0.3 is 9.15 Å². The number of ether oxygens (including phenoxy) is 1. The van der Waals surface area contributed by atoms with Crippen LogP contribution in [0.25, 0.3) is 11.1 Å². The van der Waals surface area contributed by atoms with Gasteiger partial charge in [0.05, 0.1) is 24.2 Å². The Morgan fingerprint density at radius 3 is 2.56 bits per heavy atom. The summed E-state index contributed by atoms with van der Waals surface area (Å²) in [6.07, 6.45) is 0. The quantitative estimate of drug-likeness (QED) is 0.309. The fraction of sp³-hybridized carbons (Fsp3) is 0.0870. The van der Waals surface area contributed by atoms with E-state index in [-0.39, 0.29) is 27.5 Å². The number of nitrogens with zero attached hydrogens (tertiary/aromatic N) is 2. The topological polar surface area (TPSA) is 72.6 Å². The number of carbonyl (C=O) groups excluding carboxylic acids is 2. The first-order valence-electron chi connectivity index (χ1n) is 9.36. The van der Waals surface area contributed by atoms with Gasteiger partial charge in [0.25, 0.3) is 16.6 Å². The number of hydrogen-bond donors (Lipinski definition) is 0. The molecule has 0 saturated heterocycles. The van der Waals surface area contributed by atoms with Crippen LogP contribution >= 0.6 is 27.5 Å². The SMILES string of the molecule is COc1ccc(CN(C(=O)c2ccc3oc(Br)nc3c2)C(=O)c2cc(F)ccc2Cl)cc1. The molecular formula is C23H15BrClFN2O4. The molecule has 2 amide bonds. The maximum absolute atomic E-state index is 13.8. The summed E-state index contributed by atoms with van der Waals surface area (Å²) in [7, 11) is 1.54. The van der Waals surface area contributed by atoms with Gasteiger partial charge in [-0.1, -0.05) is 23.7 Å². The van der Waals surface area contributed by atoms with Crippen molar-refractivity contribution in [3.8, 4) is 5.75 Å². The molecule has 4 aromatic rings. The van der Waals surface area contributed by atoms with Crippen molar-refractivity contribution in [3.05, 3.63) is 93.0 Å². The van der Waals surface area contributed by atoms with Gasteiger partial charge in [-0.3, -0.25) is 14.5 Å². The number of oxazole rings is 1. The first-order valence-corrected chi connectivity index (χ1v) is 10.5. The number of fused-ring (bicyclic) bond motifs is 1. The standard InChI is InChI=1S/C23H15BrClFN2O4/c1-31-16-6-2-13(3-7-16)12-28(22(30)17-11-15(26)5-8-18(17)25)21(29)14-4-9-20-19(10-14)27-23(24)32-20/h2-11H,12H2,1H3. The average Bonchev–Trinajstić information content (AvgIpc) is 3.17. The van der Waals surface area contributed by atoms with E-state index in [1.54, 1.807) is 37.4 Å². The van der Waals surface area contributed by atoms with E-state index < -0.39 is 17.6 Å². The summed E-state index contributed by atoms with van der Waals surface area (Å²) >= 11 is 9.29. The van der Waals surface area contributed by atoms with Crippen LogP contribution in [0.3, 0.4) is 0 Å². The average molecular weight is 518 g/mol. The molecule has 9 heteroatoms. The van der Waals surface area contributed by atoms with Crippen molar-refractivity contribution >= 4 is 50.4 Å². The zero-order valence-corrected chi connectivity index (χ0v) is 19.0. The lowest BCUT2D eigenvalue weighted by molar-refractivity contribution is 0.0603. The Labute approximate surface area is 195 Å². The minimum atomic E-state index is -0.725. The smallest absolute Gasteiger partial charge is 0.265 e. The summed E-state index contributed by atoms with van der Waals surface area (Å²) in [5.41, 5.74) is 1.70. The molecule has 0 atom stereocenters. The van der Waals surface area contributed by atoms with Gasteiger partial charge in [-0.25, -0.2) is 9.37 Å². The van der Waals surface area contributed by atoms with E-state index >= 15 is 0 Å². The summed E-state index contributed by atoms with van der Waals surface area (Å²) in [6, 6.07) is 15.0. The number of carbonyl (C=O) groups is 2. The maximum Gasteiger partial charge on any atom is 0.265 e. The molecule has 0 aliphatic carbocycles. The Kier molecular flexibility index (Phi) is 6.25. The molecule has 0 aliphatic rings. The Bertz CT molecular complexity index is 1320. The molecule has 0 unspecified atom stereocenters. The van der Waals surface area contributed by atoms with Crippen LogP contribution in [0.4, 0.5) is 4.39 Å². The molecule has 3 aromatic carbocycles. The van der Waals surface area contributed by atoms with Gasteiger partial charge in [-0.15, -0.1) is 0 Å². The number of benzene rings is 3. The number of amides is 2. The highest BCUT2D eigenvalue weighted by atomic mass is 79.9. The highest BCUT2D eigenvalue weighted by Gasteiger charge is 2.27. The van der Waals surface area contributed by atoms with Crippen LogP contribution in [0.5, 0.6) is 5.75 Å². The van der Waals surface area contributed by atoms with Crippen molar-refractivity contribution in [1.82, 2.24) is 9.88 Å². The van der Waals surface area contributed by atoms with E-state index in [0.29, 0.717) is 22.4 Å². The van der Waals surface area contributed by atoms with E-state index in [2.05, 4.69) is 20.9 Å². The molecule has 0 N–H and O–H groups in total. The zero-order valence-electron chi connectivity index (χ0n) is 16.6. The van der Waals surface area contributed by atoms with Gasteiger partial charge in [0.15, 0.2) is 5.58 Å². The fourth-order valence-electron chi connectivity index (χ4n) is 3.14. The first kappa shape index (κ1) is 22.0. The molecule has 0 fully saturated rings. The van der Waals surface area contributed by atoms with Crippen LogP contribution in [0.1, 0.15) is 26.3 Å². The molecule has 1 aromatic heterocycles. The molecule has 1 heterocycles. The van der Waals surface area contributed by atoms with Gasteiger partial charge in [-0.05, 0) is 54.1 Å². The normalized spacial score (nSPS) is 10.9. The molecule has 0 aliphatic heterocycles. The Morgan fingerprint density at radius 1 is 1.09 bits per heavy atom. The van der Waals surface area contributed by atoms with Crippen molar-refractivity contribution in [2.24, 2.45) is 0 Å². The van der Waals surface area contributed by atoms with Crippen LogP contribution in [-0.4, -0.2) is 28.8 Å². The zero-order chi connectivity index (χ0) is 22.8. The third-order valence-electron chi connectivity index (χ3n) is 4.76. The Hall–Kier alpha value is -3.23. The van der Waals surface area contributed by atoms with Gasteiger partial charge in [0.1, 0.15) is 17.1 Å². The summed E-state index contributed by atoms with van der Waals surface area (Å²) in [5.74, 6) is -1.32. The van der Waals surface area contributed by atoms with E-state index in [1.165, 1.54) is 18.2 Å². The second-order valence-corrected chi connectivity index (χ2v) is 7.90. The molecular weight excluding hydrogens is 503 g/mol. The molecule has 0 radical (unpaired) electrons. The molecule has 0 bridgehead atoms. The monoisotopic (exact) mass is 516 g/mol. The van der Waals surface area contributed by atoms with Crippen LogP contribution in [0.15, 0.2) is 69.9 Å². The van der Waals surface area contributed by atoms with Crippen molar-refractivity contribution in [3.63, 3.8) is 0 Å². The van der Waals surface area contributed by atoms with E-state index in [0.717, 1.165) is 17.0 Å². The minimum Gasteiger partial charge on any atom is -0.497 e. The molecule has 4 rings (SSSR count). The van der Waals surface area contributed by atoms with Crippen LogP contribution in [0, 0.1) is 5.82 Å². The van der Waals surface area contributed by atoms with E-state index in [9.17, 15) is 14.0 Å². The molecule has 6 nitrogen and oxygen atoms in total. The molecule has 0 saturated carbocycles. The highest BCUT2D eigenvalue weighted by molar-refractivity contribution is 9.10. The summed E-state index contributed by atoms with van der Waals surface area (Å²) in [5, 5.41) is 0.0415.